The summed E-state index contributed by atoms with van der Waals surface area (Å²) in [5.74, 6) is 0. The highest BCUT2D eigenvalue weighted by molar-refractivity contribution is 5.27. The number of rotatable bonds is 3. The zero-order valence-electron chi connectivity index (χ0n) is 8.79. The van der Waals surface area contributed by atoms with E-state index in [1.165, 1.54) is 5.56 Å². The fourth-order valence-electron chi connectivity index (χ4n) is 1.90. The third-order valence-corrected chi connectivity index (χ3v) is 2.39. The lowest BCUT2D eigenvalue weighted by Gasteiger charge is -2.25. The lowest BCUT2D eigenvalue weighted by Crippen LogP contribution is -2.23. The van der Waals surface area contributed by atoms with Crippen molar-refractivity contribution >= 4 is 0 Å². The fraction of sp³-hybridized carbons (Fsp3) is 0.636. The van der Waals surface area contributed by atoms with Crippen molar-refractivity contribution in [1.82, 2.24) is 0 Å². The van der Waals surface area contributed by atoms with Crippen LogP contribution in [-0.2, 0) is 5.41 Å². The molecule has 0 aliphatic rings. The van der Waals surface area contributed by atoms with E-state index in [0.717, 1.165) is 12.0 Å². The van der Waals surface area contributed by atoms with Crippen LogP contribution in [-0.4, -0.2) is 11.2 Å². The molecule has 0 aliphatic carbocycles. The van der Waals surface area contributed by atoms with Crippen molar-refractivity contribution in [3.63, 3.8) is 0 Å². The fourth-order valence-corrected chi connectivity index (χ4v) is 1.90. The molecule has 74 valence electrons. The smallest absolute Gasteiger partial charge is 0.0942 e. The summed E-state index contributed by atoms with van der Waals surface area (Å²) in [5, 5.41) is 9.35. The number of aryl methyl sites for hydroxylation is 1. The van der Waals surface area contributed by atoms with Gasteiger partial charge in [0.15, 0.2) is 0 Å². The molecule has 2 heteroatoms. The summed E-state index contributed by atoms with van der Waals surface area (Å²) >= 11 is 0. The quantitative estimate of drug-likeness (QED) is 0.779. The van der Waals surface area contributed by atoms with Crippen molar-refractivity contribution < 1.29 is 9.52 Å². The molecule has 0 fully saturated rings. The van der Waals surface area contributed by atoms with Gasteiger partial charge in [-0.2, -0.15) is 0 Å². The van der Waals surface area contributed by atoms with E-state index in [4.69, 9.17) is 4.42 Å². The molecule has 0 saturated carbocycles. The van der Waals surface area contributed by atoms with Gasteiger partial charge in [0.1, 0.15) is 0 Å². The summed E-state index contributed by atoms with van der Waals surface area (Å²) in [6, 6.07) is 0. The highest BCUT2D eigenvalue weighted by Crippen LogP contribution is 2.31. The summed E-state index contributed by atoms with van der Waals surface area (Å²) in [7, 11) is 0. The van der Waals surface area contributed by atoms with Gasteiger partial charge in [-0.3, -0.25) is 0 Å². The van der Waals surface area contributed by atoms with E-state index in [2.05, 4.69) is 13.8 Å². The van der Waals surface area contributed by atoms with E-state index >= 15 is 0 Å². The summed E-state index contributed by atoms with van der Waals surface area (Å²) in [5.41, 5.74) is 2.34. The highest BCUT2D eigenvalue weighted by Gasteiger charge is 2.25. The Bertz CT molecular complexity index is 271. The lowest BCUT2D eigenvalue weighted by molar-refractivity contribution is 0.156. The Morgan fingerprint density at radius 2 is 2.08 bits per heavy atom. The second-order valence-corrected chi connectivity index (χ2v) is 4.41. The highest BCUT2D eigenvalue weighted by atomic mass is 16.3. The van der Waals surface area contributed by atoms with Crippen LogP contribution in [0.25, 0.3) is 0 Å². The van der Waals surface area contributed by atoms with Crippen LogP contribution in [0, 0.1) is 6.92 Å². The van der Waals surface area contributed by atoms with Crippen LogP contribution in [0.2, 0.25) is 0 Å². The number of aliphatic hydroxyl groups is 1. The van der Waals surface area contributed by atoms with Gasteiger partial charge in [-0.05, 0) is 36.8 Å². The van der Waals surface area contributed by atoms with E-state index < -0.39 is 0 Å². The minimum absolute atomic E-state index is 0.00868. The first-order chi connectivity index (χ1) is 5.93. The first-order valence-corrected chi connectivity index (χ1v) is 4.65. The van der Waals surface area contributed by atoms with E-state index in [-0.39, 0.29) is 11.5 Å². The molecular weight excluding hydrogens is 164 g/mol. The summed E-state index contributed by atoms with van der Waals surface area (Å²) in [4.78, 5) is 0. The molecule has 0 saturated heterocycles. The van der Waals surface area contributed by atoms with E-state index in [9.17, 15) is 5.11 Å². The van der Waals surface area contributed by atoms with Crippen molar-refractivity contribution in [2.75, 3.05) is 0 Å². The number of hydrogen-bond donors (Lipinski definition) is 1. The Hall–Kier alpha value is -0.760. The lowest BCUT2D eigenvalue weighted by atomic mass is 9.80. The van der Waals surface area contributed by atoms with Crippen LogP contribution in [0.5, 0.6) is 0 Å². The van der Waals surface area contributed by atoms with Crippen molar-refractivity contribution in [3.05, 3.63) is 23.7 Å². The summed E-state index contributed by atoms with van der Waals surface area (Å²) < 4.78 is 5.13. The maximum absolute atomic E-state index is 9.35. The second-order valence-electron chi connectivity index (χ2n) is 4.41. The van der Waals surface area contributed by atoms with Crippen molar-refractivity contribution in [3.8, 4) is 0 Å². The van der Waals surface area contributed by atoms with Crippen molar-refractivity contribution in [2.45, 2.75) is 45.6 Å². The molecular formula is C11H18O2. The molecule has 13 heavy (non-hydrogen) atoms. The Morgan fingerprint density at radius 1 is 1.46 bits per heavy atom. The third-order valence-electron chi connectivity index (χ3n) is 2.39. The molecule has 0 aromatic carbocycles. The molecule has 1 N–H and O–H groups in total. The maximum atomic E-state index is 9.35. The Labute approximate surface area is 79.6 Å². The predicted molar refractivity (Wildman–Crippen MR) is 52.8 cm³/mol. The van der Waals surface area contributed by atoms with Crippen molar-refractivity contribution in [2.24, 2.45) is 0 Å². The SMILES string of the molecule is Cc1cocc1C(C)(C)CC(C)O. The van der Waals surface area contributed by atoms with Gasteiger partial charge in [0.05, 0.1) is 18.6 Å². The molecule has 0 aliphatic heterocycles. The van der Waals surface area contributed by atoms with Crippen LogP contribution in [0.1, 0.15) is 38.3 Å². The minimum atomic E-state index is -0.274. The van der Waals surface area contributed by atoms with Crippen LogP contribution in [0.3, 0.4) is 0 Å². The normalized spacial score (nSPS) is 14.5. The van der Waals surface area contributed by atoms with Gasteiger partial charge in [0.25, 0.3) is 0 Å². The third kappa shape index (κ3) is 2.34. The molecule has 2 nitrogen and oxygen atoms in total. The van der Waals surface area contributed by atoms with Gasteiger partial charge in [0.2, 0.25) is 0 Å². The molecule has 1 aromatic rings. The Balaban J connectivity index is 2.87. The van der Waals surface area contributed by atoms with Crippen LogP contribution in [0.4, 0.5) is 0 Å². The average Bonchev–Trinajstić information content (AvgIpc) is 2.32. The molecule has 0 radical (unpaired) electrons. The minimum Gasteiger partial charge on any atom is -0.472 e. The van der Waals surface area contributed by atoms with Crippen molar-refractivity contribution in [1.29, 1.82) is 0 Å². The molecule has 0 bridgehead atoms. The first-order valence-electron chi connectivity index (χ1n) is 4.65. The van der Waals surface area contributed by atoms with Crippen LogP contribution < -0.4 is 0 Å². The van der Waals surface area contributed by atoms with Gasteiger partial charge in [-0.25, -0.2) is 0 Å². The molecule has 1 heterocycles. The second kappa shape index (κ2) is 3.54. The molecule has 1 aromatic heterocycles. The molecule has 1 rings (SSSR count). The number of hydrogen-bond acceptors (Lipinski definition) is 2. The number of furan rings is 1. The predicted octanol–water partition coefficient (Wildman–Crippen LogP) is 2.64. The Morgan fingerprint density at radius 3 is 2.46 bits per heavy atom. The Kier molecular flexibility index (Phi) is 2.81. The monoisotopic (exact) mass is 182 g/mol. The van der Waals surface area contributed by atoms with Crippen LogP contribution in [0.15, 0.2) is 16.9 Å². The maximum Gasteiger partial charge on any atom is 0.0942 e. The summed E-state index contributed by atoms with van der Waals surface area (Å²) in [6.45, 7) is 8.09. The molecule has 1 atom stereocenters. The first kappa shape index (κ1) is 10.3. The zero-order chi connectivity index (χ0) is 10.1. The van der Waals surface area contributed by atoms with Gasteiger partial charge in [-0.1, -0.05) is 13.8 Å². The zero-order valence-corrected chi connectivity index (χ0v) is 8.79. The number of aliphatic hydroxyl groups excluding tert-OH is 1. The summed E-state index contributed by atoms with van der Waals surface area (Å²) in [6.07, 6.45) is 4.01. The van der Waals surface area contributed by atoms with E-state index in [1.54, 1.807) is 12.5 Å². The van der Waals surface area contributed by atoms with E-state index in [0.29, 0.717) is 0 Å². The largest absolute Gasteiger partial charge is 0.472 e. The topological polar surface area (TPSA) is 33.4 Å². The average molecular weight is 182 g/mol. The molecule has 1 unspecified atom stereocenters. The van der Waals surface area contributed by atoms with Gasteiger partial charge in [-0.15, -0.1) is 0 Å². The standard InChI is InChI=1S/C11H18O2/c1-8-6-13-7-10(8)11(3,4)5-9(2)12/h6-7,9,12H,5H2,1-4H3. The van der Waals surface area contributed by atoms with Gasteiger partial charge < -0.3 is 9.52 Å². The molecule has 0 spiro atoms. The van der Waals surface area contributed by atoms with Crippen LogP contribution >= 0.6 is 0 Å². The molecule has 0 amide bonds. The van der Waals surface area contributed by atoms with E-state index in [1.807, 2.05) is 13.8 Å². The van der Waals surface area contributed by atoms with Gasteiger partial charge >= 0.3 is 0 Å². The van der Waals surface area contributed by atoms with Gasteiger partial charge in [0, 0.05) is 0 Å².